The fourth-order valence-electron chi connectivity index (χ4n) is 2.35. The van der Waals surface area contributed by atoms with Crippen LogP contribution in [0, 0.1) is 5.92 Å². The van der Waals surface area contributed by atoms with Crippen LogP contribution in [0.5, 0.6) is 0 Å². The maximum atomic E-state index is 12.5. The van der Waals surface area contributed by atoms with Gasteiger partial charge in [-0.3, -0.25) is 0 Å². The minimum Gasteiger partial charge on any atom is -0.397 e. The molecule has 1 saturated heterocycles. The summed E-state index contributed by atoms with van der Waals surface area (Å²) in [5.74, 6) is 0.520. The zero-order valence-corrected chi connectivity index (χ0v) is 10.8. The molecule has 6 heteroatoms. The molecule has 1 atom stereocenters. The fraction of sp³-hybridized carbons (Fsp3) is 0.538. The summed E-state index contributed by atoms with van der Waals surface area (Å²) in [7, 11) is 2.06. The molecule has 2 rings (SSSR count). The number of likely N-dealkylation sites (tertiary alicyclic amines) is 1. The second-order valence-corrected chi connectivity index (χ2v) is 5.10. The Morgan fingerprint density at radius 2 is 2.16 bits per heavy atom. The predicted octanol–water partition coefficient (Wildman–Crippen LogP) is 2.65. The van der Waals surface area contributed by atoms with Crippen LogP contribution >= 0.6 is 0 Å². The normalized spacial score (nSPS) is 20.7. The molecule has 3 nitrogen and oxygen atoms in total. The number of hydrogen-bond donors (Lipinski definition) is 2. The van der Waals surface area contributed by atoms with Crippen LogP contribution in [0.4, 0.5) is 24.5 Å². The van der Waals surface area contributed by atoms with Crippen molar-refractivity contribution in [1.82, 2.24) is 4.90 Å². The average Bonchev–Trinajstić information content (AvgIpc) is 2.72. The molecule has 3 N–H and O–H groups in total. The highest BCUT2D eigenvalue weighted by Gasteiger charge is 2.30. The first kappa shape index (κ1) is 14.0. The molecule has 0 spiro atoms. The van der Waals surface area contributed by atoms with Crippen LogP contribution in [-0.4, -0.2) is 31.6 Å². The van der Waals surface area contributed by atoms with E-state index >= 15 is 0 Å². The van der Waals surface area contributed by atoms with Crippen molar-refractivity contribution in [3.8, 4) is 0 Å². The molecular weight excluding hydrogens is 255 g/mol. The summed E-state index contributed by atoms with van der Waals surface area (Å²) >= 11 is 0. The number of nitrogen functional groups attached to an aromatic ring is 1. The van der Waals surface area contributed by atoms with Crippen molar-refractivity contribution in [2.75, 3.05) is 37.7 Å². The van der Waals surface area contributed by atoms with Crippen molar-refractivity contribution in [1.29, 1.82) is 0 Å². The number of nitrogens with two attached hydrogens (primary N) is 1. The first-order valence-electron chi connectivity index (χ1n) is 6.25. The van der Waals surface area contributed by atoms with Gasteiger partial charge < -0.3 is 16.0 Å². The molecule has 0 aromatic heterocycles. The van der Waals surface area contributed by atoms with E-state index in [9.17, 15) is 13.2 Å². The molecule has 1 aromatic rings. The second-order valence-electron chi connectivity index (χ2n) is 5.10. The minimum atomic E-state index is -4.35. The summed E-state index contributed by atoms with van der Waals surface area (Å²) in [6.07, 6.45) is -3.25. The smallest absolute Gasteiger partial charge is 0.397 e. The van der Waals surface area contributed by atoms with E-state index in [1.54, 1.807) is 0 Å². The van der Waals surface area contributed by atoms with Crippen LogP contribution in [0.3, 0.4) is 0 Å². The van der Waals surface area contributed by atoms with Gasteiger partial charge in [-0.2, -0.15) is 13.2 Å². The summed E-state index contributed by atoms with van der Waals surface area (Å²) in [5.41, 5.74) is 5.66. The van der Waals surface area contributed by atoms with Gasteiger partial charge in [0.05, 0.1) is 16.9 Å². The average molecular weight is 273 g/mol. The number of hydrogen-bond acceptors (Lipinski definition) is 3. The molecule has 0 aliphatic carbocycles. The van der Waals surface area contributed by atoms with E-state index in [4.69, 9.17) is 5.73 Å². The van der Waals surface area contributed by atoms with E-state index in [-0.39, 0.29) is 5.69 Å². The van der Waals surface area contributed by atoms with Crippen molar-refractivity contribution < 1.29 is 13.2 Å². The van der Waals surface area contributed by atoms with Crippen molar-refractivity contribution >= 4 is 11.4 Å². The standard InChI is InChI=1S/C13H18F3N3/c1-19-5-4-9(8-19)7-18-12-3-2-10(6-11(12)17)13(14,15)16/h2-3,6,9,18H,4-5,7-8,17H2,1H3. The molecular formula is C13H18F3N3. The molecule has 0 amide bonds. The van der Waals surface area contributed by atoms with Gasteiger partial charge in [0.25, 0.3) is 0 Å². The van der Waals surface area contributed by atoms with Gasteiger partial charge >= 0.3 is 6.18 Å². The van der Waals surface area contributed by atoms with Crippen LogP contribution in [0.1, 0.15) is 12.0 Å². The van der Waals surface area contributed by atoms with E-state index in [1.807, 2.05) is 0 Å². The number of alkyl halides is 3. The highest BCUT2D eigenvalue weighted by atomic mass is 19.4. The maximum absolute atomic E-state index is 12.5. The lowest BCUT2D eigenvalue weighted by Gasteiger charge is -2.15. The Hall–Kier alpha value is -1.43. The largest absolute Gasteiger partial charge is 0.416 e. The van der Waals surface area contributed by atoms with E-state index < -0.39 is 11.7 Å². The first-order valence-corrected chi connectivity index (χ1v) is 6.25. The predicted molar refractivity (Wildman–Crippen MR) is 70.0 cm³/mol. The first-order chi connectivity index (χ1) is 8.86. The lowest BCUT2D eigenvalue weighted by molar-refractivity contribution is -0.137. The molecule has 1 unspecified atom stereocenters. The number of benzene rings is 1. The molecule has 1 heterocycles. The number of halogens is 3. The molecule has 0 radical (unpaired) electrons. The van der Waals surface area contributed by atoms with Crippen molar-refractivity contribution in [3.05, 3.63) is 23.8 Å². The van der Waals surface area contributed by atoms with Crippen LogP contribution in [0.2, 0.25) is 0 Å². The maximum Gasteiger partial charge on any atom is 0.416 e. The Labute approximate surface area is 110 Å². The zero-order chi connectivity index (χ0) is 14.0. The number of nitrogens with one attached hydrogen (secondary N) is 1. The third kappa shape index (κ3) is 3.53. The summed E-state index contributed by atoms with van der Waals surface area (Å²) in [6.45, 7) is 2.81. The highest BCUT2D eigenvalue weighted by Crippen LogP contribution is 2.32. The molecule has 1 fully saturated rings. The molecule has 1 aromatic carbocycles. The van der Waals surface area contributed by atoms with E-state index in [1.165, 1.54) is 6.07 Å². The van der Waals surface area contributed by atoms with Crippen LogP contribution in [0.15, 0.2) is 18.2 Å². The molecule has 1 aliphatic rings. The number of nitrogens with zero attached hydrogens (tertiary/aromatic N) is 1. The van der Waals surface area contributed by atoms with Gasteiger partial charge in [-0.15, -0.1) is 0 Å². The summed E-state index contributed by atoms with van der Waals surface area (Å²) in [5, 5.41) is 3.14. The summed E-state index contributed by atoms with van der Waals surface area (Å²) in [4.78, 5) is 2.24. The lowest BCUT2D eigenvalue weighted by Crippen LogP contribution is -2.19. The second kappa shape index (κ2) is 5.28. The molecule has 19 heavy (non-hydrogen) atoms. The third-order valence-corrected chi connectivity index (χ3v) is 3.45. The molecule has 0 saturated carbocycles. The van der Waals surface area contributed by atoms with Gasteiger partial charge in [0.2, 0.25) is 0 Å². The van der Waals surface area contributed by atoms with E-state index in [0.29, 0.717) is 11.6 Å². The Morgan fingerprint density at radius 3 is 2.68 bits per heavy atom. The minimum absolute atomic E-state index is 0.140. The molecule has 0 bridgehead atoms. The van der Waals surface area contributed by atoms with E-state index in [0.717, 1.165) is 38.2 Å². The van der Waals surface area contributed by atoms with Crippen molar-refractivity contribution in [2.24, 2.45) is 5.92 Å². The monoisotopic (exact) mass is 273 g/mol. The van der Waals surface area contributed by atoms with Crippen LogP contribution in [0.25, 0.3) is 0 Å². The zero-order valence-electron chi connectivity index (χ0n) is 10.8. The molecule has 1 aliphatic heterocycles. The Bertz CT molecular complexity index is 445. The molecule has 106 valence electrons. The third-order valence-electron chi connectivity index (χ3n) is 3.45. The SMILES string of the molecule is CN1CCC(CNc2ccc(C(F)(F)F)cc2N)C1. The lowest BCUT2D eigenvalue weighted by atomic mass is 10.1. The van der Waals surface area contributed by atoms with Gasteiger partial charge in [-0.1, -0.05) is 0 Å². The fourth-order valence-corrected chi connectivity index (χ4v) is 2.35. The van der Waals surface area contributed by atoms with Gasteiger partial charge in [-0.25, -0.2) is 0 Å². The van der Waals surface area contributed by atoms with Crippen LogP contribution < -0.4 is 11.1 Å². The van der Waals surface area contributed by atoms with Crippen molar-refractivity contribution in [3.63, 3.8) is 0 Å². The summed E-state index contributed by atoms with van der Waals surface area (Å²) in [6, 6.07) is 3.43. The quantitative estimate of drug-likeness (QED) is 0.832. The Morgan fingerprint density at radius 1 is 1.42 bits per heavy atom. The Kier molecular flexibility index (Phi) is 3.89. The number of anilines is 2. The topological polar surface area (TPSA) is 41.3 Å². The van der Waals surface area contributed by atoms with Gasteiger partial charge in [0.1, 0.15) is 0 Å². The summed E-state index contributed by atoms with van der Waals surface area (Å²) < 4.78 is 37.5. The van der Waals surface area contributed by atoms with Gasteiger partial charge in [0, 0.05) is 13.1 Å². The van der Waals surface area contributed by atoms with Gasteiger partial charge in [0.15, 0.2) is 0 Å². The van der Waals surface area contributed by atoms with Crippen LogP contribution in [-0.2, 0) is 6.18 Å². The van der Waals surface area contributed by atoms with Crippen molar-refractivity contribution in [2.45, 2.75) is 12.6 Å². The highest BCUT2D eigenvalue weighted by molar-refractivity contribution is 5.67. The van der Waals surface area contributed by atoms with E-state index in [2.05, 4.69) is 17.3 Å². The number of rotatable bonds is 3. The van der Waals surface area contributed by atoms with Gasteiger partial charge in [-0.05, 0) is 44.1 Å². The Balaban J connectivity index is 1.98.